The number of anilines is 1. The normalized spacial score (nSPS) is 13.5. The van der Waals surface area contributed by atoms with Gasteiger partial charge in [-0.2, -0.15) is 0 Å². The summed E-state index contributed by atoms with van der Waals surface area (Å²) in [6.45, 7) is 3.74. The predicted octanol–water partition coefficient (Wildman–Crippen LogP) is 9.47. The number of imidazole rings is 2. The number of nitrogens with zero attached hydrogens (tertiary/aromatic N) is 5. The second-order valence-corrected chi connectivity index (χ2v) is 13.4. The zero-order valence-corrected chi connectivity index (χ0v) is 31.6. The number of aryl methyl sites for hydroxylation is 2. The molecular weight excluding hydrogens is 703 g/mol. The molecule has 8 rings (SSSR count). The molecule has 4 heterocycles. The topological polar surface area (TPSA) is 97.0 Å². The maximum Gasteiger partial charge on any atom is 0.229 e. The summed E-state index contributed by atoms with van der Waals surface area (Å²) in [6.07, 6.45) is 9.33. The minimum Gasteiger partial charge on any atom is -0.493 e. The van der Waals surface area contributed by atoms with Crippen molar-refractivity contribution in [3.05, 3.63) is 119 Å². The predicted molar refractivity (Wildman–Crippen MR) is 212 cm³/mol. The molecule has 0 amide bonds. The van der Waals surface area contributed by atoms with Gasteiger partial charge >= 0.3 is 0 Å². The zero-order valence-electron chi connectivity index (χ0n) is 31.6. The summed E-state index contributed by atoms with van der Waals surface area (Å²) in [6, 6.07) is 20.9. The van der Waals surface area contributed by atoms with Crippen LogP contribution in [0.25, 0.3) is 22.5 Å². The van der Waals surface area contributed by atoms with E-state index >= 15 is 0 Å². The third kappa shape index (κ3) is 7.89. The molecule has 2 aromatic heterocycles. The van der Waals surface area contributed by atoms with Crippen LogP contribution in [-0.4, -0.2) is 53.8 Å². The van der Waals surface area contributed by atoms with Crippen molar-refractivity contribution in [1.29, 1.82) is 0 Å². The Morgan fingerprint density at radius 3 is 1.75 bits per heavy atom. The van der Waals surface area contributed by atoms with Crippen LogP contribution >= 0.6 is 0 Å². The van der Waals surface area contributed by atoms with Crippen molar-refractivity contribution in [2.45, 2.75) is 51.7 Å². The molecule has 1 atom stereocenters. The lowest BCUT2D eigenvalue weighted by molar-refractivity contribution is 0.354. The van der Waals surface area contributed by atoms with Crippen molar-refractivity contribution in [1.82, 2.24) is 19.1 Å². The Morgan fingerprint density at radius 2 is 1.18 bits per heavy atom. The van der Waals surface area contributed by atoms with Crippen LogP contribution < -0.4 is 24.3 Å². The maximum absolute atomic E-state index is 13.2. The molecule has 10 nitrogen and oxygen atoms in total. The Hall–Kier alpha value is -6.17. The third-order valence-corrected chi connectivity index (χ3v) is 10.0. The molecule has 0 fully saturated rings. The molecule has 0 saturated heterocycles. The fourth-order valence-electron chi connectivity index (χ4n) is 7.13. The molecule has 0 bridgehead atoms. The minimum absolute atomic E-state index is 0. The number of hydrogen-bond donors (Lipinski definition) is 1. The van der Waals surface area contributed by atoms with Crippen molar-refractivity contribution < 1.29 is 29.2 Å². The van der Waals surface area contributed by atoms with E-state index < -0.39 is 0 Å². The molecule has 12 heteroatoms. The first-order valence-electron chi connectivity index (χ1n) is 18.2. The molecule has 2 aliphatic rings. The molecule has 2 aliphatic heterocycles. The number of rotatable bonds is 9. The molecule has 1 N–H and O–H groups in total. The van der Waals surface area contributed by atoms with Gasteiger partial charge in [0.1, 0.15) is 11.6 Å². The number of fused-ring (bicyclic) bond motifs is 6. The summed E-state index contributed by atoms with van der Waals surface area (Å²) in [4.78, 5) is 13.6. The van der Waals surface area contributed by atoms with Gasteiger partial charge in [-0.25, -0.2) is 23.7 Å². The van der Waals surface area contributed by atoms with Crippen LogP contribution in [0.4, 0.5) is 20.7 Å². The van der Waals surface area contributed by atoms with Gasteiger partial charge in [-0.1, -0.05) is 24.3 Å². The third-order valence-electron chi connectivity index (χ3n) is 10.0. The lowest BCUT2D eigenvalue weighted by Crippen LogP contribution is -2.12. The highest BCUT2D eigenvalue weighted by molar-refractivity contribution is 5.81. The summed E-state index contributed by atoms with van der Waals surface area (Å²) in [5.41, 5.74) is 8.55. The van der Waals surface area contributed by atoms with Crippen LogP contribution in [0.1, 0.15) is 49.5 Å². The van der Waals surface area contributed by atoms with Crippen molar-refractivity contribution in [2.24, 2.45) is 4.99 Å². The smallest absolute Gasteiger partial charge is 0.229 e. The summed E-state index contributed by atoms with van der Waals surface area (Å²) in [5.74, 6) is 3.85. The monoisotopic (exact) mass is 748 g/mol. The Kier molecular flexibility index (Phi) is 11.1. The van der Waals surface area contributed by atoms with Crippen LogP contribution in [0.2, 0.25) is 0 Å². The van der Waals surface area contributed by atoms with E-state index in [1.54, 1.807) is 58.9 Å². The van der Waals surface area contributed by atoms with Gasteiger partial charge in [0.2, 0.25) is 11.9 Å². The Morgan fingerprint density at radius 1 is 0.691 bits per heavy atom. The van der Waals surface area contributed by atoms with E-state index in [0.717, 1.165) is 89.9 Å². The summed E-state index contributed by atoms with van der Waals surface area (Å²) in [5, 5.41) is 3.47. The number of benzene rings is 4. The van der Waals surface area contributed by atoms with Gasteiger partial charge in [-0.15, -0.1) is 0 Å². The molecule has 0 aliphatic carbocycles. The van der Waals surface area contributed by atoms with Gasteiger partial charge in [0.25, 0.3) is 0 Å². The minimum atomic E-state index is -0.261. The van der Waals surface area contributed by atoms with Gasteiger partial charge in [0.15, 0.2) is 23.0 Å². The van der Waals surface area contributed by atoms with Crippen LogP contribution in [0, 0.1) is 11.6 Å². The van der Waals surface area contributed by atoms with Crippen molar-refractivity contribution in [3.63, 3.8) is 0 Å². The molecule has 0 saturated carbocycles. The van der Waals surface area contributed by atoms with Gasteiger partial charge in [-0.3, -0.25) is 0 Å². The first-order valence-corrected chi connectivity index (χ1v) is 18.2. The number of nitrogens with one attached hydrogen (secondary N) is 1. The number of aliphatic imine (C=N–C) groups is 1. The molecule has 4 aromatic carbocycles. The fourth-order valence-corrected chi connectivity index (χ4v) is 7.13. The standard InChI is InChI=1S/C22H24FN3O2.C21H20FN3O2.H2/c1-14(15-6-8-17(23)9-7-15)25-22-24-13-19-18-12-21(28-3)20(27-2)11-16(18)5-4-10-26(19)22;1-26-19-10-15-4-3-9-25-18(17(15)11-20(19)27-2)13-24-21(25)23-12-14-5-7-16(22)8-6-14;/h6-9,11-14H,4-5,10H2,1-3H3,(H,24,25);5-8,10-13H,3-4,9H2,1-2H3;1H. The van der Waals surface area contributed by atoms with E-state index in [2.05, 4.69) is 35.5 Å². The molecule has 1 unspecified atom stereocenters. The number of aromatic nitrogens is 4. The van der Waals surface area contributed by atoms with E-state index in [4.69, 9.17) is 18.9 Å². The number of ether oxygens (including phenoxy) is 4. The Labute approximate surface area is 320 Å². The molecular formula is C43H46F2N6O4. The zero-order chi connectivity index (χ0) is 38.5. The molecule has 286 valence electrons. The van der Waals surface area contributed by atoms with Gasteiger partial charge in [-0.05, 0) is 103 Å². The Balaban J connectivity index is 0.000000187. The van der Waals surface area contributed by atoms with E-state index in [-0.39, 0.29) is 19.1 Å². The van der Waals surface area contributed by atoms with Gasteiger partial charge < -0.3 is 33.4 Å². The van der Waals surface area contributed by atoms with E-state index in [1.807, 2.05) is 37.5 Å². The lowest BCUT2D eigenvalue weighted by atomic mass is 10.0. The molecule has 0 radical (unpaired) electrons. The first-order chi connectivity index (χ1) is 26.8. The summed E-state index contributed by atoms with van der Waals surface area (Å²) < 4.78 is 52.4. The summed E-state index contributed by atoms with van der Waals surface area (Å²) in [7, 11) is 6.59. The number of methoxy groups -OCH3 is 4. The van der Waals surface area contributed by atoms with E-state index in [9.17, 15) is 8.78 Å². The highest BCUT2D eigenvalue weighted by Crippen LogP contribution is 2.41. The van der Waals surface area contributed by atoms with Gasteiger partial charge in [0.05, 0.1) is 58.3 Å². The SMILES string of the molecule is COc1cc2c(cc1OC)-c1cnc(N=Cc3ccc(F)cc3)n1CCC2.COc1cc2c(cc1OC)-c1cnc(NC(C)c3ccc(F)cc3)n1CCC2.[HH]. The second-order valence-electron chi connectivity index (χ2n) is 13.4. The lowest BCUT2D eigenvalue weighted by Gasteiger charge is -2.17. The van der Waals surface area contributed by atoms with Crippen LogP contribution in [0.3, 0.4) is 0 Å². The fraction of sp³-hybridized carbons (Fsp3) is 0.279. The van der Waals surface area contributed by atoms with Crippen molar-refractivity contribution >= 4 is 18.1 Å². The molecule has 6 aromatic rings. The number of hydrogen-bond acceptors (Lipinski definition) is 8. The Bertz CT molecular complexity index is 2310. The second kappa shape index (κ2) is 16.5. The quantitative estimate of drug-likeness (QED) is 0.147. The van der Waals surface area contributed by atoms with Crippen LogP contribution in [0.5, 0.6) is 23.0 Å². The summed E-state index contributed by atoms with van der Waals surface area (Å²) >= 11 is 0. The first kappa shape index (κ1) is 37.2. The van der Waals surface area contributed by atoms with E-state index in [1.165, 1.54) is 35.4 Å². The van der Waals surface area contributed by atoms with Crippen LogP contribution in [-0.2, 0) is 25.9 Å². The van der Waals surface area contributed by atoms with Crippen LogP contribution in [0.15, 0.2) is 90.2 Å². The highest BCUT2D eigenvalue weighted by Gasteiger charge is 2.23. The average Bonchev–Trinajstić information content (AvgIpc) is 3.68. The largest absolute Gasteiger partial charge is 0.493 e. The molecule has 55 heavy (non-hydrogen) atoms. The van der Waals surface area contributed by atoms with E-state index in [0.29, 0.717) is 17.4 Å². The van der Waals surface area contributed by atoms with Gasteiger partial charge in [0, 0.05) is 31.9 Å². The maximum atomic E-state index is 13.2. The number of halogens is 2. The average molecular weight is 749 g/mol. The highest BCUT2D eigenvalue weighted by atomic mass is 19.1. The van der Waals surface area contributed by atoms with Crippen molar-refractivity contribution in [2.75, 3.05) is 33.8 Å². The van der Waals surface area contributed by atoms with Crippen molar-refractivity contribution in [3.8, 4) is 45.5 Å². The molecule has 0 spiro atoms.